The maximum absolute atomic E-state index is 5.91. The molecule has 0 unspecified atom stereocenters. The summed E-state index contributed by atoms with van der Waals surface area (Å²) < 4.78 is 5.02. The summed E-state index contributed by atoms with van der Waals surface area (Å²) in [7, 11) is 0. The lowest BCUT2D eigenvalue weighted by atomic mass is 10.0. The van der Waals surface area contributed by atoms with Crippen LogP contribution in [-0.2, 0) is 6.42 Å². The highest BCUT2D eigenvalue weighted by Gasteiger charge is 2.02. The fourth-order valence-corrected chi connectivity index (χ4v) is 1.53. The topological polar surface area (TPSA) is 39.2 Å². The van der Waals surface area contributed by atoms with Crippen LogP contribution in [0.1, 0.15) is 12.5 Å². The van der Waals surface area contributed by atoms with E-state index >= 15 is 0 Å². The number of rotatable bonds is 2. The molecule has 0 radical (unpaired) electrons. The summed E-state index contributed by atoms with van der Waals surface area (Å²) in [6, 6.07) is 8.06. The minimum absolute atomic E-state index is 0.853. The van der Waals surface area contributed by atoms with Gasteiger partial charge in [0.1, 0.15) is 0 Å². The van der Waals surface area contributed by atoms with Gasteiger partial charge in [-0.3, -0.25) is 0 Å². The third kappa shape index (κ3) is 1.51. The normalized spacial score (nSPS) is 10.4. The first kappa shape index (κ1) is 8.88. The first-order chi connectivity index (χ1) is 6.81. The van der Waals surface area contributed by atoms with Crippen molar-refractivity contribution in [2.45, 2.75) is 13.3 Å². The first-order valence-electron chi connectivity index (χ1n) is 4.72. The molecule has 0 fully saturated rings. The molecule has 2 N–H and O–H groups in total. The van der Waals surface area contributed by atoms with Gasteiger partial charge in [0.05, 0.1) is 12.5 Å². The van der Waals surface area contributed by atoms with Gasteiger partial charge in [0.25, 0.3) is 0 Å². The molecule has 2 nitrogen and oxygen atoms in total. The Kier molecular flexibility index (Phi) is 2.27. The van der Waals surface area contributed by atoms with Crippen molar-refractivity contribution >= 4 is 5.69 Å². The molecular formula is C12H13NO. The minimum Gasteiger partial charge on any atom is -0.472 e. The highest BCUT2D eigenvalue weighted by Crippen LogP contribution is 2.24. The van der Waals surface area contributed by atoms with Crippen LogP contribution in [0.4, 0.5) is 5.69 Å². The Labute approximate surface area is 83.4 Å². The molecule has 1 heterocycles. The Morgan fingerprint density at radius 1 is 1.21 bits per heavy atom. The molecule has 2 rings (SSSR count). The summed E-state index contributed by atoms with van der Waals surface area (Å²) >= 11 is 0. The molecule has 0 saturated carbocycles. The van der Waals surface area contributed by atoms with Gasteiger partial charge in [-0.05, 0) is 29.7 Å². The molecule has 1 aromatic carbocycles. The van der Waals surface area contributed by atoms with Gasteiger partial charge < -0.3 is 10.2 Å². The van der Waals surface area contributed by atoms with Crippen molar-refractivity contribution in [3.63, 3.8) is 0 Å². The molecule has 0 aliphatic heterocycles. The summed E-state index contributed by atoms with van der Waals surface area (Å²) in [5, 5.41) is 0. The predicted molar refractivity (Wildman–Crippen MR) is 57.9 cm³/mol. The molecule has 72 valence electrons. The third-order valence-corrected chi connectivity index (χ3v) is 2.38. The molecule has 0 atom stereocenters. The van der Waals surface area contributed by atoms with E-state index in [1.165, 1.54) is 5.56 Å². The molecule has 14 heavy (non-hydrogen) atoms. The van der Waals surface area contributed by atoms with Gasteiger partial charge in [-0.2, -0.15) is 0 Å². The number of nitrogens with two attached hydrogens (primary N) is 1. The number of anilines is 1. The quantitative estimate of drug-likeness (QED) is 0.734. The Bertz CT molecular complexity index is 418. The molecule has 0 bridgehead atoms. The Morgan fingerprint density at radius 3 is 2.64 bits per heavy atom. The molecule has 2 aromatic rings. The maximum Gasteiger partial charge on any atom is 0.0980 e. The molecule has 0 aliphatic carbocycles. The fraction of sp³-hybridized carbons (Fsp3) is 0.167. The minimum atomic E-state index is 0.853. The van der Waals surface area contributed by atoms with Gasteiger partial charge >= 0.3 is 0 Å². The summed E-state index contributed by atoms with van der Waals surface area (Å²) in [6.45, 7) is 2.10. The second-order valence-corrected chi connectivity index (χ2v) is 3.28. The van der Waals surface area contributed by atoms with Crippen molar-refractivity contribution in [1.29, 1.82) is 0 Å². The maximum atomic E-state index is 5.91. The van der Waals surface area contributed by atoms with E-state index in [1.54, 1.807) is 12.5 Å². The van der Waals surface area contributed by atoms with Crippen LogP contribution in [0, 0.1) is 0 Å². The van der Waals surface area contributed by atoms with Crippen LogP contribution in [0.15, 0.2) is 41.2 Å². The molecule has 1 aromatic heterocycles. The summed E-state index contributed by atoms with van der Waals surface area (Å²) in [6.07, 6.45) is 4.36. The van der Waals surface area contributed by atoms with E-state index < -0.39 is 0 Å². The van der Waals surface area contributed by atoms with Crippen LogP contribution >= 0.6 is 0 Å². The number of hydrogen-bond donors (Lipinski definition) is 1. The summed E-state index contributed by atoms with van der Waals surface area (Å²) in [5.41, 5.74) is 10.1. The van der Waals surface area contributed by atoms with Crippen molar-refractivity contribution in [3.05, 3.63) is 42.4 Å². The summed E-state index contributed by atoms with van der Waals surface area (Å²) in [5.74, 6) is 0. The summed E-state index contributed by atoms with van der Waals surface area (Å²) in [4.78, 5) is 0. The van der Waals surface area contributed by atoms with Crippen LogP contribution in [0.25, 0.3) is 11.1 Å². The fourth-order valence-electron chi connectivity index (χ4n) is 1.53. The van der Waals surface area contributed by atoms with E-state index in [9.17, 15) is 0 Å². The van der Waals surface area contributed by atoms with E-state index in [0.29, 0.717) is 0 Å². The second kappa shape index (κ2) is 3.58. The highest BCUT2D eigenvalue weighted by molar-refractivity contribution is 5.68. The largest absolute Gasteiger partial charge is 0.472 e. The van der Waals surface area contributed by atoms with Crippen LogP contribution in [-0.4, -0.2) is 0 Å². The number of aryl methyl sites for hydroxylation is 1. The first-order valence-corrected chi connectivity index (χ1v) is 4.72. The van der Waals surface area contributed by atoms with Gasteiger partial charge in [0, 0.05) is 11.3 Å². The van der Waals surface area contributed by atoms with Crippen molar-refractivity contribution in [1.82, 2.24) is 0 Å². The van der Waals surface area contributed by atoms with Crippen LogP contribution in [0.3, 0.4) is 0 Å². The smallest absolute Gasteiger partial charge is 0.0980 e. The van der Waals surface area contributed by atoms with Gasteiger partial charge in [0.15, 0.2) is 0 Å². The van der Waals surface area contributed by atoms with Crippen molar-refractivity contribution < 1.29 is 4.42 Å². The van der Waals surface area contributed by atoms with Crippen molar-refractivity contribution in [2.75, 3.05) is 5.73 Å². The zero-order chi connectivity index (χ0) is 9.97. The zero-order valence-electron chi connectivity index (χ0n) is 8.16. The van der Waals surface area contributed by atoms with E-state index in [0.717, 1.165) is 23.2 Å². The SMILES string of the molecule is CCc1ccc(-c2ccoc2)cc1N. The standard InChI is InChI=1S/C12H13NO/c1-2-9-3-4-10(7-12(9)13)11-5-6-14-8-11/h3-8H,2,13H2,1H3. The van der Waals surface area contributed by atoms with Gasteiger partial charge in [-0.1, -0.05) is 19.1 Å². The molecule has 0 aliphatic rings. The molecule has 2 heteroatoms. The lowest BCUT2D eigenvalue weighted by Crippen LogP contribution is -1.92. The second-order valence-electron chi connectivity index (χ2n) is 3.28. The highest BCUT2D eigenvalue weighted by atomic mass is 16.3. The Balaban J connectivity index is 2.43. The van der Waals surface area contributed by atoms with Crippen LogP contribution in [0.5, 0.6) is 0 Å². The van der Waals surface area contributed by atoms with Crippen molar-refractivity contribution in [2.24, 2.45) is 0 Å². The molecule has 0 spiro atoms. The lowest BCUT2D eigenvalue weighted by molar-refractivity contribution is 0.568. The number of furan rings is 1. The van der Waals surface area contributed by atoms with Gasteiger partial charge in [-0.15, -0.1) is 0 Å². The van der Waals surface area contributed by atoms with E-state index in [1.807, 2.05) is 12.1 Å². The Hall–Kier alpha value is -1.70. The van der Waals surface area contributed by atoms with E-state index in [-0.39, 0.29) is 0 Å². The number of hydrogen-bond acceptors (Lipinski definition) is 2. The zero-order valence-corrected chi connectivity index (χ0v) is 8.16. The lowest BCUT2D eigenvalue weighted by Gasteiger charge is -2.04. The Morgan fingerprint density at radius 2 is 2.07 bits per heavy atom. The third-order valence-electron chi connectivity index (χ3n) is 2.38. The molecule has 0 saturated heterocycles. The van der Waals surface area contributed by atoms with E-state index in [2.05, 4.69) is 19.1 Å². The van der Waals surface area contributed by atoms with Gasteiger partial charge in [-0.25, -0.2) is 0 Å². The van der Waals surface area contributed by atoms with Crippen LogP contribution in [0.2, 0.25) is 0 Å². The predicted octanol–water partition coefficient (Wildman–Crippen LogP) is 3.09. The average molecular weight is 187 g/mol. The van der Waals surface area contributed by atoms with Crippen LogP contribution < -0.4 is 5.73 Å². The van der Waals surface area contributed by atoms with Gasteiger partial charge in [0.2, 0.25) is 0 Å². The number of benzene rings is 1. The van der Waals surface area contributed by atoms with E-state index in [4.69, 9.17) is 10.2 Å². The van der Waals surface area contributed by atoms with Crippen molar-refractivity contribution in [3.8, 4) is 11.1 Å². The molecular weight excluding hydrogens is 174 g/mol. The number of nitrogen functional groups attached to an aromatic ring is 1. The average Bonchev–Trinajstić information content (AvgIpc) is 2.70. The molecule has 0 amide bonds. The monoisotopic (exact) mass is 187 g/mol.